The number of aromatic nitrogens is 3. The molecule has 0 saturated carbocycles. The molecule has 0 fully saturated rings. The summed E-state index contributed by atoms with van der Waals surface area (Å²) in [6.07, 6.45) is 6.01. The zero-order valence-corrected chi connectivity index (χ0v) is 33.8. The van der Waals surface area contributed by atoms with Gasteiger partial charge in [-0.25, -0.2) is 4.68 Å². The first-order valence-electron chi connectivity index (χ1n) is 18.7. The third-order valence-electron chi connectivity index (χ3n) is 8.94. The molecule has 57 heavy (non-hydrogen) atoms. The SMILES string of the molecule is CC(C)(C)OC(=O)CCC(C(N)=O)N1Cc2cccc(OCCCOCCOc3ccccc3COc3ccc(-n4cc(Br)c(-c5ccncc5)n4)cc3)c2C1=O. The molecule has 14 heteroatoms. The maximum atomic E-state index is 13.5. The molecular formula is C43H46BrN5O8. The van der Waals surface area contributed by atoms with Gasteiger partial charge >= 0.3 is 5.97 Å². The second-order valence-corrected chi connectivity index (χ2v) is 15.2. The highest BCUT2D eigenvalue weighted by molar-refractivity contribution is 9.10. The lowest BCUT2D eigenvalue weighted by Crippen LogP contribution is -2.45. The average Bonchev–Trinajstić information content (AvgIpc) is 3.74. The number of rotatable bonds is 19. The molecule has 1 atom stereocenters. The predicted molar refractivity (Wildman–Crippen MR) is 216 cm³/mol. The van der Waals surface area contributed by atoms with E-state index in [4.69, 9.17) is 34.5 Å². The number of benzene rings is 3. The van der Waals surface area contributed by atoms with Crippen molar-refractivity contribution in [1.29, 1.82) is 0 Å². The maximum absolute atomic E-state index is 13.5. The van der Waals surface area contributed by atoms with E-state index in [0.717, 1.165) is 32.5 Å². The lowest BCUT2D eigenvalue weighted by Gasteiger charge is -2.26. The Labute approximate surface area is 340 Å². The minimum absolute atomic E-state index is 0.0432. The van der Waals surface area contributed by atoms with Crippen molar-refractivity contribution in [3.63, 3.8) is 0 Å². The zero-order chi connectivity index (χ0) is 40.4. The van der Waals surface area contributed by atoms with Gasteiger partial charge in [0.05, 0.1) is 28.9 Å². The van der Waals surface area contributed by atoms with Crippen LogP contribution >= 0.6 is 15.9 Å². The highest BCUT2D eigenvalue weighted by Crippen LogP contribution is 2.33. The number of nitrogens with two attached hydrogens (primary N) is 1. The molecule has 298 valence electrons. The van der Waals surface area contributed by atoms with Crippen LogP contribution < -0.4 is 19.9 Å². The van der Waals surface area contributed by atoms with Crippen LogP contribution in [0.25, 0.3) is 16.9 Å². The molecule has 3 heterocycles. The molecule has 1 unspecified atom stereocenters. The Hall–Kier alpha value is -5.73. The van der Waals surface area contributed by atoms with E-state index >= 15 is 0 Å². The minimum atomic E-state index is -0.955. The number of ether oxygens (including phenoxy) is 5. The third kappa shape index (κ3) is 11.0. The highest BCUT2D eigenvalue weighted by atomic mass is 79.9. The maximum Gasteiger partial charge on any atom is 0.306 e. The smallest absolute Gasteiger partial charge is 0.306 e. The molecule has 0 bridgehead atoms. The molecule has 0 saturated heterocycles. The quantitative estimate of drug-likeness (QED) is 0.0674. The summed E-state index contributed by atoms with van der Waals surface area (Å²) in [7, 11) is 0. The van der Waals surface area contributed by atoms with E-state index in [2.05, 4.69) is 20.9 Å². The third-order valence-corrected chi connectivity index (χ3v) is 9.52. The van der Waals surface area contributed by atoms with Gasteiger partial charge in [0.2, 0.25) is 5.91 Å². The number of amides is 2. The van der Waals surface area contributed by atoms with Gasteiger partial charge in [0.25, 0.3) is 5.91 Å². The molecule has 1 aliphatic rings. The lowest BCUT2D eigenvalue weighted by atomic mass is 10.1. The first-order chi connectivity index (χ1) is 27.5. The second-order valence-electron chi connectivity index (χ2n) is 14.3. The van der Waals surface area contributed by atoms with E-state index in [1.54, 1.807) is 45.3 Å². The Balaban J connectivity index is 0.912. The van der Waals surface area contributed by atoms with E-state index in [-0.39, 0.29) is 25.3 Å². The van der Waals surface area contributed by atoms with Crippen LogP contribution in [0.5, 0.6) is 17.2 Å². The molecule has 2 amide bonds. The van der Waals surface area contributed by atoms with Gasteiger partial charge < -0.3 is 34.3 Å². The Morgan fingerprint density at radius 1 is 0.877 bits per heavy atom. The summed E-state index contributed by atoms with van der Waals surface area (Å²) in [5, 5.41) is 4.73. The van der Waals surface area contributed by atoms with Crippen LogP contribution in [-0.4, -0.2) is 75.5 Å². The lowest BCUT2D eigenvalue weighted by molar-refractivity contribution is -0.155. The van der Waals surface area contributed by atoms with Crippen molar-refractivity contribution < 1.29 is 38.1 Å². The number of para-hydroxylation sites is 1. The van der Waals surface area contributed by atoms with Crippen LogP contribution in [0.4, 0.5) is 0 Å². The number of halogens is 1. The normalized spacial score (nSPS) is 12.9. The van der Waals surface area contributed by atoms with Gasteiger partial charge in [0.1, 0.15) is 47.8 Å². The van der Waals surface area contributed by atoms with Crippen molar-refractivity contribution in [3.05, 3.63) is 119 Å². The number of pyridine rings is 1. The largest absolute Gasteiger partial charge is 0.493 e. The first-order valence-corrected chi connectivity index (χ1v) is 19.5. The molecule has 1 aliphatic heterocycles. The second kappa shape index (κ2) is 18.9. The number of carbonyl (C=O) groups excluding carboxylic acids is 3. The van der Waals surface area contributed by atoms with Crippen LogP contribution in [-0.2, 0) is 32.2 Å². The van der Waals surface area contributed by atoms with Crippen LogP contribution in [0.1, 0.15) is 61.5 Å². The summed E-state index contributed by atoms with van der Waals surface area (Å²) in [5.74, 6) is 0.356. The van der Waals surface area contributed by atoms with Gasteiger partial charge in [-0.1, -0.05) is 30.3 Å². The van der Waals surface area contributed by atoms with Gasteiger partial charge in [-0.2, -0.15) is 5.10 Å². The summed E-state index contributed by atoms with van der Waals surface area (Å²) in [4.78, 5) is 43.6. The monoisotopic (exact) mass is 839 g/mol. The molecule has 0 spiro atoms. The van der Waals surface area contributed by atoms with Crippen molar-refractivity contribution in [1.82, 2.24) is 19.7 Å². The standard InChI is InChI=1S/C43H46BrN5O8/c1-43(2,3)57-38(50)17-16-35(41(45)51)48-26-30-9-6-11-37(39(30)42(48)52)54-23-7-22-53-24-25-55-36-10-5-4-8-31(36)28-56-33-14-12-32(13-15-33)49-27-34(44)40(47-49)29-18-20-46-21-19-29/h4-6,8-15,18-21,27,35H,7,16-17,22-26,28H2,1-3H3,(H2,45,51). The summed E-state index contributed by atoms with van der Waals surface area (Å²) in [6.45, 7) is 7.28. The Morgan fingerprint density at radius 2 is 1.61 bits per heavy atom. The number of hydrogen-bond donors (Lipinski definition) is 1. The molecule has 2 aromatic heterocycles. The molecule has 0 aliphatic carbocycles. The molecular weight excluding hydrogens is 794 g/mol. The zero-order valence-electron chi connectivity index (χ0n) is 32.2. The van der Waals surface area contributed by atoms with E-state index in [1.807, 2.05) is 77.6 Å². The fourth-order valence-electron chi connectivity index (χ4n) is 6.29. The van der Waals surface area contributed by atoms with Crippen LogP contribution in [0, 0.1) is 0 Å². The van der Waals surface area contributed by atoms with Gasteiger partial charge in [-0.15, -0.1) is 0 Å². The van der Waals surface area contributed by atoms with E-state index in [0.29, 0.717) is 62.3 Å². The molecule has 5 aromatic rings. The topological polar surface area (TPSA) is 157 Å². The number of primary amides is 1. The highest BCUT2D eigenvalue weighted by Gasteiger charge is 2.38. The predicted octanol–water partition coefficient (Wildman–Crippen LogP) is 7.07. The van der Waals surface area contributed by atoms with Crippen molar-refractivity contribution >= 4 is 33.7 Å². The number of carbonyl (C=O) groups is 3. The van der Waals surface area contributed by atoms with Crippen LogP contribution in [0.3, 0.4) is 0 Å². The number of nitrogens with zero attached hydrogens (tertiary/aromatic N) is 4. The Bertz CT molecular complexity index is 2150. The number of esters is 1. The van der Waals surface area contributed by atoms with Crippen LogP contribution in [0.2, 0.25) is 0 Å². The fourth-order valence-corrected chi connectivity index (χ4v) is 6.79. The van der Waals surface area contributed by atoms with E-state index in [9.17, 15) is 14.4 Å². The average molecular weight is 841 g/mol. The first kappa shape index (κ1) is 40.9. The van der Waals surface area contributed by atoms with E-state index in [1.165, 1.54) is 4.90 Å². The van der Waals surface area contributed by atoms with E-state index < -0.39 is 23.5 Å². The van der Waals surface area contributed by atoms with Gasteiger partial charge in [0.15, 0.2) is 0 Å². The van der Waals surface area contributed by atoms with Crippen molar-refractivity contribution in [2.75, 3.05) is 26.4 Å². The Morgan fingerprint density at radius 3 is 2.37 bits per heavy atom. The van der Waals surface area contributed by atoms with Gasteiger partial charge in [-0.05, 0) is 97.2 Å². The number of fused-ring (bicyclic) bond motifs is 1. The number of hydrogen-bond acceptors (Lipinski definition) is 10. The van der Waals surface area contributed by atoms with Crippen molar-refractivity contribution in [3.8, 4) is 34.2 Å². The minimum Gasteiger partial charge on any atom is -0.493 e. The molecule has 2 N–H and O–H groups in total. The fraction of sp³-hybridized carbons (Fsp3) is 0.326. The summed E-state index contributed by atoms with van der Waals surface area (Å²) < 4.78 is 32.0. The van der Waals surface area contributed by atoms with Crippen LogP contribution in [0.15, 0.2) is 102 Å². The summed E-state index contributed by atoms with van der Waals surface area (Å²) in [5.41, 5.74) is 9.76. The summed E-state index contributed by atoms with van der Waals surface area (Å²) >= 11 is 3.61. The molecule has 3 aromatic carbocycles. The van der Waals surface area contributed by atoms with Crippen molar-refractivity contribution in [2.24, 2.45) is 5.73 Å². The molecule has 13 nitrogen and oxygen atoms in total. The van der Waals surface area contributed by atoms with Crippen molar-refractivity contribution in [2.45, 2.75) is 64.8 Å². The van der Waals surface area contributed by atoms with Gasteiger partial charge in [0, 0.05) is 55.7 Å². The Kier molecular flexibility index (Phi) is 13.6. The van der Waals surface area contributed by atoms with Gasteiger partial charge in [-0.3, -0.25) is 19.4 Å². The molecule has 6 rings (SSSR count). The molecule has 0 radical (unpaired) electrons. The summed E-state index contributed by atoms with van der Waals surface area (Å²) in [6, 6.07) is 23.7.